The van der Waals surface area contributed by atoms with Crippen molar-refractivity contribution in [2.75, 3.05) is 17.7 Å². The second-order valence-electron chi connectivity index (χ2n) is 4.13. The zero-order chi connectivity index (χ0) is 15.0. The van der Waals surface area contributed by atoms with Gasteiger partial charge in [-0.2, -0.15) is 9.97 Å². The number of rotatable bonds is 3. The molecule has 6 nitrogen and oxygen atoms in total. The van der Waals surface area contributed by atoms with Crippen LogP contribution in [0.4, 0.5) is 30.6 Å². The van der Waals surface area contributed by atoms with Crippen molar-refractivity contribution < 1.29 is 13.2 Å². The van der Waals surface area contributed by atoms with Gasteiger partial charge in [0.15, 0.2) is 28.9 Å². The van der Waals surface area contributed by atoms with E-state index < -0.39 is 17.5 Å². The highest BCUT2D eigenvalue weighted by atomic mass is 19.2. The maximum atomic E-state index is 13.2. The Morgan fingerprint density at radius 3 is 2.48 bits per heavy atom. The van der Waals surface area contributed by atoms with Crippen LogP contribution in [0.25, 0.3) is 11.2 Å². The summed E-state index contributed by atoms with van der Waals surface area (Å²) in [5, 5.41) is 5.45. The van der Waals surface area contributed by atoms with Crippen molar-refractivity contribution in [1.29, 1.82) is 0 Å². The van der Waals surface area contributed by atoms with Crippen molar-refractivity contribution in [3.8, 4) is 0 Å². The second kappa shape index (κ2) is 4.93. The first-order chi connectivity index (χ1) is 10.1. The average molecular weight is 294 g/mol. The lowest BCUT2D eigenvalue weighted by atomic mass is 10.3. The lowest BCUT2D eigenvalue weighted by Gasteiger charge is -2.08. The highest BCUT2D eigenvalue weighted by molar-refractivity contribution is 5.86. The molecule has 0 fully saturated rings. The highest BCUT2D eigenvalue weighted by Gasteiger charge is 2.13. The van der Waals surface area contributed by atoms with E-state index >= 15 is 0 Å². The Morgan fingerprint density at radius 2 is 1.81 bits per heavy atom. The van der Waals surface area contributed by atoms with Crippen LogP contribution in [0.1, 0.15) is 0 Å². The number of aromatic amines is 1. The van der Waals surface area contributed by atoms with Crippen molar-refractivity contribution >= 4 is 28.6 Å². The van der Waals surface area contributed by atoms with Crippen LogP contribution in [0, 0.1) is 17.5 Å². The minimum atomic E-state index is -1.52. The van der Waals surface area contributed by atoms with Gasteiger partial charge < -0.3 is 15.6 Å². The SMILES string of the molecule is CNc1nc(Nc2cc(F)c(F)c(F)c2)c2[nH]cnc2n1. The van der Waals surface area contributed by atoms with Crippen LogP contribution in [0.15, 0.2) is 18.5 Å². The normalized spacial score (nSPS) is 10.9. The number of nitrogens with one attached hydrogen (secondary N) is 3. The van der Waals surface area contributed by atoms with E-state index in [9.17, 15) is 13.2 Å². The third kappa shape index (κ3) is 2.33. The average Bonchev–Trinajstić information content (AvgIpc) is 2.93. The van der Waals surface area contributed by atoms with Crippen molar-refractivity contribution in [3.05, 3.63) is 35.9 Å². The third-order valence-corrected chi connectivity index (χ3v) is 2.76. The fourth-order valence-electron chi connectivity index (χ4n) is 1.80. The van der Waals surface area contributed by atoms with Gasteiger partial charge in [0.1, 0.15) is 5.52 Å². The fraction of sp³-hybridized carbons (Fsp3) is 0.0833. The smallest absolute Gasteiger partial charge is 0.226 e. The van der Waals surface area contributed by atoms with Crippen LogP contribution in [-0.4, -0.2) is 27.0 Å². The Morgan fingerprint density at radius 1 is 1.10 bits per heavy atom. The van der Waals surface area contributed by atoms with Crippen molar-refractivity contribution in [2.45, 2.75) is 0 Å². The number of benzene rings is 1. The summed E-state index contributed by atoms with van der Waals surface area (Å²) in [6, 6.07) is 1.67. The fourth-order valence-corrected chi connectivity index (χ4v) is 1.80. The van der Waals surface area contributed by atoms with E-state index in [-0.39, 0.29) is 17.5 Å². The van der Waals surface area contributed by atoms with Gasteiger partial charge in [-0.25, -0.2) is 18.2 Å². The molecule has 0 spiro atoms. The summed E-state index contributed by atoms with van der Waals surface area (Å²) in [7, 11) is 1.62. The van der Waals surface area contributed by atoms with Crippen LogP contribution in [0.3, 0.4) is 0 Å². The Balaban J connectivity index is 2.07. The predicted octanol–water partition coefficient (Wildman–Crippen LogP) is 2.56. The maximum absolute atomic E-state index is 13.2. The van der Waals surface area contributed by atoms with E-state index in [0.29, 0.717) is 11.2 Å². The molecule has 108 valence electrons. The summed E-state index contributed by atoms with van der Waals surface area (Å²) >= 11 is 0. The molecule has 3 rings (SSSR count). The van der Waals surface area contributed by atoms with Gasteiger partial charge in [0, 0.05) is 24.9 Å². The molecular formula is C12H9F3N6. The molecule has 0 saturated heterocycles. The molecule has 3 N–H and O–H groups in total. The zero-order valence-corrected chi connectivity index (χ0v) is 10.7. The number of hydrogen-bond acceptors (Lipinski definition) is 5. The Bertz CT molecular complexity index is 793. The first-order valence-electron chi connectivity index (χ1n) is 5.89. The summed E-state index contributed by atoms with van der Waals surface area (Å²) in [6.45, 7) is 0. The molecule has 0 radical (unpaired) electrons. The van der Waals surface area contributed by atoms with Gasteiger partial charge >= 0.3 is 0 Å². The van der Waals surface area contributed by atoms with Crippen LogP contribution in [0.5, 0.6) is 0 Å². The van der Waals surface area contributed by atoms with Gasteiger partial charge in [-0.1, -0.05) is 0 Å². The molecule has 3 aromatic rings. The molecule has 2 aromatic heterocycles. The molecule has 1 aromatic carbocycles. The summed E-state index contributed by atoms with van der Waals surface area (Å²) in [4.78, 5) is 15.0. The number of nitrogens with zero attached hydrogens (tertiary/aromatic N) is 3. The largest absolute Gasteiger partial charge is 0.357 e. The van der Waals surface area contributed by atoms with Crippen molar-refractivity contribution in [1.82, 2.24) is 19.9 Å². The van der Waals surface area contributed by atoms with E-state index in [0.717, 1.165) is 12.1 Å². The number of anilines is 3. The molecule has 9 heteroatoms. The highest BCUT2D eigenvalue weighted by Crippen LogP contribution is 2.24. The molecule has 0 aliphatic heterocycles. The summed E-state index contributed by atoms with van der Waals surface area (Å²) in [5.41, 5.74) is 0.849. The summed E-state index contributed by atoms with van der Waals surface area (Å²) < 4.78 is 39.4. The van der Waals surface area contributed by atoms with Gasteiger partial charge in [0.2, 0.25) is 5.95 Å². The van der Waals surface area contributed by atoms with E-state index in [4.69, 9.17) is 0 Å². The number of imidazole rings is 1. The molecule has 0 atom stereocenters. The lowest BCUT2D eigenvalue weighted by molar-refractivity contribution is 0.448. The van der Waals surface area contributed by atoms with Gasteiger partial charge in [-0.05, 0) is 0 Å². The lowest BCUT2D eigenvalue weighted by Crippen LogP contribution is -2.03. The van der Waals surface area contributed by atoms with Crippen molar-refractivity contribution in [2.24, 2.45) is 0 Å². The topological polar surface area (TPSA) is 78.5 Å². The van der Waals surface area contributed by atoms with E-state index in [1.165, 1.54) is 6.33 Å². The van der Waals surface area contributed by atoms with Gasteiger partial charge in [0.25, 0.3) is 0 Å². The monoisotopic (exact) mass is 294 g/mol. The van der Waals surface area contributed by atoms with Gasteiger partial charge in [-0.15, -0.1) is 0 Å². The first-order valence-corrected chi connectivity index (χ1v) is 5.89. The van der Waals surface area contributed by atoms with Crippen LogP contribution in [-0.2, 0) is 0 Å². The van der Waals surface area contributed by atoms with Gasteiger partial charge in [0.05, 0.1) is 6.33 Å². The minimum absolute atomic E-state index is 0.0167. The molecule has 2 heterocycles. The number of fused-ring (bicyclic) bond motifs is 1. The number of aromatic nitrogens is 4. The molecule has 0 saturated carbocycles. The van der Waals surface area contributed by atoms with E-state index in [1.807, 2.05) is 0 Å². The molecule has 0 unspecified atom stereocenters. The standard InChI is InChI=1S/C12H9F3N6/c1-16-12-20-10-9(17-4-18-10)11(21-12)19-5-2-6(13)8(15)7(14)3-5/h2-4H,1H3,(H3,16,17,18,19,20,21). The van der Waals surface area contributed by atoms with Crippen LogP contribution in [0.2, 0.25) is 0 Å². The van der Waals surface area contributed by atoms with E-state index in [2.05, 4.69) is 30.6 Å². The molecular weight excluding hydrogens is 285 g/mol. The van der Waals surface area contributed by atoms with E-state index in [1.54, 1.807) is 7.05 Å². The molecule has 0 aliphatic carbocycles. The number of halogens is 3. The first kappa shape index (κ1) is 13.2. The Labute approximate surface area is 116 Å². The zero-order valence-electron chi connectivity index (χ0n) is 10.7. The molecule has 0 bridgehead atoms. The maximum Gasteiger partial charge on any atom is 0.226 e. The van der Waals surface area contributed by atoms with Crippen LogP contribution >= 0.6 is 0 Å². The second-order valence-corrected chi connectivity index (χ2v) is 4.13. The predicted molar refractivity (Wildman–Crippen MR) is 70.8 cm³/mol. The Kier molecular flexibility index (Phi) is 3.09. The molecule has 0 aliphatic rings. The van der Waals surface area contributed by atoms with Gasteiger partial charge in [-0.3, -0.25) is 0 Å². The number of hydrogen-bond donors (Lipinski definition) is 3. The quantitative estimate of drug-likeness (QED) is 0.647. The van der Waals surface area contributed by atoms with Crippen molar-refractivity contribution in [3.63, 3.8) is 0 Å². The number of H-pyrrole nitrogens is 1. The molecule has 0 amide bonds. The summed E-state index contributed by atoms with van der Waals surface area (Å²) in [5.74, 6) is -3.57. The summed E-state index contributed by atoms with van der Waals surface area (Å²) in [6.07, 6.45) is 1.41. The molecule has 21 heavy (non-hydrogen) atoms. The minimum Gasteiger partial charge on any atom is -0.357 e. The third-order valence-electron chi connectivity index (χ3n) is 2.76. The Hall–Kier alpha value is -2.84. The van der Waals surface area contributed by atoms with Crippen LogP contribution < -0.4 is 10.6 Å².